The zero-order valence-electron chi connectivity index (χ0n) is 47.3. The fourth-order valence-electron chi connectivity index (χ4n) is 11.9. The second kappa shape index (κ2) is 23.0. The van der Waals surface area contributed by atoms with Gasteiger partial charge in [-0.25, -0.2) is 46.7 Å². The molecule has 16 nitrogen and oxygen atoms in total. The van der Waals surface area contributed by atoms with Gasteiger partial charge in [0, 0.05) is 142 Å². The molecule has 9 heterocycles. The third-order valence-corrected chi connectivity index (χ3v) is 18.4. The van der Waals surface area contributed by atoms with Crippen LogP contribution in [0.4, 0.5) is 17.8 Å². The Balaban J connectivity index is 0.000000144. The molecule has 9 aromatic rings. The third kappa shape index (κ3) is 11.4. The number of hydrogen-bond acceptors (Lipinski definition) is 14. The highest BCUT2D eigenvalue weighted by atomic mass is 32.2. The molecule has 0 spiro atoms. The van der Waals surface area contributed by atoms with Gasteiger partial charge >= 0.3 is 0 Å². The lowest BCUT2D eigenvalue weighted by Crippen LogP contribution is -2.41. The summed E-state index contributed by atoms with van der Waals surface area (Å²) in [6.07, 6.45) is 10.1. The summed E-state index contributed by atoms with van der Waals surface area (Å²) in [5.41, 5.74) is 9.95. The lowest BCUT2D eigenvalue weighted by atomic mass is 9.97. The standard InChI is InChI=1S/2C20H24N4O2S.C20H24N4S.CH4/c2*1-13(2)19-18-11-15-5-6-16(27(4,25)26)12-17(15)23(18)9-10-24(19)20-21-8-7-14(3)22-20;1-13(2)19-18-11-15-5-6-16(25-4)12-17(15)23(18)9-10-24(19)20-21-8-7-14(3)22-20;/h2*5-8,11-13,19H,9-10H2,1-4H3;5-8,11-13,19H,9-10H2,1-4H3;1H4/t2*19-;;/m10../s1. The molecule has 0 radical (unpaired) electrons. The second-order valence-corrected chi connectivity index (χ2v) is 27.1. The van der Waals surface area contributed by atoms with Crippen LogP contribution in [0.1, 0.15) is 101 Å². The molecule has 19 heteroatoms. The van der Waals surface area contributed by atoms with E-state index < -0.39 is 19.7 Å². The topological polar surface area (TPSA) is 170 Å². The minimum atomic E-state index is -3.23. The molecular weight excluding hydrogens is 1060 g/mol. The summed E-state index contributed by atoms with van der Waals surface area (Å²) in [5, 5.41) is 3.45. The first kappa shape index (κ1) is 57.8. The van der Waals surface area contributed by atoms with Gasteiger partial charge in [-0.05, 0) is 118 Å². The van der Waals surface area contributed by atoms with Crippen molar-refractivity contribution in [3.05, 3.63) is 144 Å². The molecule has 0 N–H and O–H groups in total. The summed E-state index contributed by atoms with van der Waals surface area (Å²) in [6, 6.07) is 30.6. The van der Waals surface area contributed by atoms with Crippen molar-refractivity contribution in [2.75, 3.05) is 53.1 Å². The number of fused-ring (bicyclic) bond motifs is 9. The molecular formula is C61H76N12O4S3. The first-order valence-electron chi connectivity index (χ1n) is 27.1. The lowest BCUT2D eigenvalue weighted by Gasteiger charge is -2.39. The van der Waals surface area contributed by atoms with E-state index in [0.29, 0.717) is 33.6 Å². The van der Waals surface area contributed by atoms with Crippen molar-refractivity contribution < 1.29 is 16.8 Å². The van der Waals surface area contributed by atoms with E-state index in [-0.39, 0.29) is 19.5 Å². The van der Waals surface area contributed by atoms with Crippen LogP contribution in [0.25, 0.3) is 32.7 Å². The minimum Gasteiger partial charge on any atom is -0.341 e. The number of rotatable bonds is 9. The van der Waals surface area contributed by atoms with E-state index in [0.717, 1.165) is 96.0 Å². The summed E-state index contributed by atoms with van der Waals surface area (Å²) in [4.78, 5) is 36.4. The number of thioether (sulfide) groups is 1. The van der Waals surface area contributed by atoms with Gasteiger partial charge in [-0.15, -0.1) is 11.8 Å². The van der Waals surface area contributed by atoms with Crippen LogP contribution < -0.4 is 14.7 Å². The molecule has 0 amide bonds. The van der Waals surface area contributed by atoms with Crippen LogP contribution in [0.15, 0.2) is 124 Å². The normalized spacial score (nSPS) is 17.2. The van der Waals surface area contributed by atoms with Gasteiger partial charge in [-0.1, -0.05) is 67.2 Å². The summed E-state index contributed by atoms with van der Waals surface area (Å²) < 4.78 is 54.9. The highest BCUT2D eigenvalue weighted by Gasteiger charge is 2.36. The van der Waals surface area contributed by atoms with Crippen LogP contribution in [-0.2, 0) is 39.3 Å². The SMILES string of the molecule is C.CSc1ccc2cc3n(c2c1)CCN(c1nccc(C)n1)C3C(C)C.Cc1ccnc(N2CCn3c(cc4ccc(S(C)(=O)=O)cc43)[C@@H]2C(C)C)n1.Cc1ccnc(N2CCn3c(cc4ccc(S(C)(=O)=O)cc43)[C@H]2C(C)C)n1. The third-order valence-electron chi connectivity index (χ3n) is 15.4. The van der Waals surface area contributed by atoms with Gasteiger partial charge in [-0.2, -0.15) is 0 Å². The fraction of sp³-hybridized carbons (Fsp3) is 0.410. The summed E-state index contributed by atoms with van der Waals surface area (Å²) in [6.45, 7) is 24.4. The van der Waals surface area contributed by atoms with E-state index in [4.69, 9.17) is 0 Å². The molecule has 3 aliphatic heterocycles. The molecule has 80 heavy (non-hydrogen) atoms. The quantitative estimate of drug-likeness (QED) is 0.125. The van der Waals surface area contributed by atoms with Crippen molar-refractivity contribution in [2.45, 2.75) is 122 Å². The Morgan fingerprint density at radius 1 is 0.450 bits per heavy atom. The number of nitrogens with zero attached hydrogens (tertiary/aromatic N) is 12. The molecule has 3 atom stereocenters. The Morgan fingerprint density at radius 2 is 0.762 bits per heavy atom. The predicted octanol–water partition coefficient (Wildman–Crippen LogP) is 12.0. The van der Waals surface area contributed by atoms with Crippen molar-refractivity contribution in [3.63, 3.8) is 0 Å². The van der Waals surface area contributed by atoms with Gasteiger partial charge in [0.2, 0.25) is 17.8 Å². The Kier molecular flexibility index (Phi) is 16.6. The maximum atomic E-state index is 12.0. The molecule has 0 saturated heterocycles. The zero-order chi connectivity index (χ0) is 56.2. The Labute approximate surface area is 476 Å². The smallest absolute Gasteiger partial charge is 0.226 e. The van der Waals surface area contributed by atoms with Crippen molar-refractivity contribution in [2.24, 2.45) is 17.8 Å². The minimum absolute atomic E-state index is 0. The Hall–Kier alpha value is -6.83. The number of benzene rings is 3. The molecule has 3 aliphatic rings. The second-order valence-electron chi connectivity index (χ2n) is 22.2. The van der Waals surface area contributed by atoms with E-state index in [1.54, 1.807) is 48.4 Å². The zero-order valence-corrected chi connectivity index (χ0v) is 49.8. The molecule has 0 saturated carbocycles. The van der Waals surface area contributed by atoms with Crippen molar-refractivity contribution >= 4 is 82.0 Å². The number of sulfone groups is 2. The van der Waals surface area contributed by atoms with Crippen LogP contribution in [0, 0.1) is 38.5 Å². The van der Waals surface area contributed by atoms with Crippen LogP contribution >= 0.6 is 11.8 Å². The van der Waals surface area contributed by atoms with Crippen LogP contribution in [0.5, 0.6) is 0 Å². The van der Waals surface area contributed by atoms with E-state index in [9.17, 15) is 16.8 Å². The maximum Gasteiger partial charge on any atom is 0.226 e. The molecule has 12 rings (SSSR count). The van der Waals surface area contributed by atoms with E-state index >= 15 is 0 Å². The van der Waals surface area contributed by atoms with Crippen molar-refractivity contribution in [1.82, 2.24) is 43.6 Å². The Bertz CT molecular complexity index is 3780. The average Bonchev–Trinajstić information content (AvgIpc) is 4.23. The highest BCUT2D eigenvalue weighted by molar-refractivity contribution is 7.98. The molecule has 0 bridgehead atoms. The van der Waals surface area contributed by atoms with Gasteiger partial charge in [0.05, 0.1) is 27.9 Å². The first-order chi connectivity index (χ1) is 37.6. The largest absolute Gasteiger partial charge is 0.341 e. The molecule has 1 unspecified atom stereocenters. The van der Waals surface area contributed by atoms with E-state index in [2.05, 4.69) is 143 Å². The molecule has 3 aromatic carbocycles. The van der Waals surface area contributed by atoms with Crippen LogP contribution in [0.2, 0.25) is 0 Å². The molecule has 0 fully saturated rings. The van der Waals surface area contributed by atoms with Gasteiger partial charge in [0.1, 0.15) is 0 Å². The molecule has 0 aliphatic carbocycles. The number of aromatic nitrogens is 9. The number of hydrogen-bond donors (Lipinski definition) is 0. The van der Waals surface area contributed by atoms with Crippen LogP contribution in [0.3, 0.4) is 0 Å². The van der Waals surface area contributed by atoms with E-state index in [1.807, 2.05) is 57.3 Å². The number of aryl methyl sites for hydroxylation is 3. The summed E-state index contributed by atoms with van der Waals surface area (Å²) in [5.74, 6) is 3.54. The lowest BCUT2D eigenvalue weighted by molar-refractivity contribution is 0.397. The summed E-state index contributed by atoms with van der Waals surface area (Å²) in [7, 11) is -6.46. The van der Waals surface area contributed by atoms with Gasteiger partial charge in [0.15, 0.2) is 19.7 Å². The monoisotopic (exact) mass is 1140 g/mol. The van der Waals surface area contributed by atoms with Crippen molar-refractivity contribution in [1.29, 1.82) is 0 Å². The highest BCUT2D eigenvalue weighted by Crippen LogP contribution is 2.42. The van der Waals surface area contributed by atoms with Crippen molar-refractivity contribution in [3.8, 4) is 0 Å². The molecule has 422 valence electrons. The average molecular weight is 1140 g/mol. The number of anilines is 3. The van der Waals surface area contributed by atoms with Gasteiger partial charge < -0.3 is 28.4 Å². The Morgan fingerprint density at radius 3 is 1.05 bits per heavy atom. The van der Waals surface area contributed by atoms with E-state index in [1.165, 1.54) is 45.4 Å². The fourth-order valence-corrected chi connectivity index (χ4v) is 13.6. The predicted molar refractivity (Wildman–Crippen MR) is 326 cm³/mol. The maximum absolute atomic E-state index is 12.0. The van der Waals surface area contributed by atoms with Gasteiger partial charge in [0.25, 0.3) is 0 Å². The molecule has 6 aromatic heterocycles. The summed E-state index contributed by atoms with van der Waals surface area (Å²) >= 11 is 1.80. The van der Waals surface area contributed by atoms with Gasteiger partial charge in [-0.3, -0.25) is 0 Å². The first-order valence-corrected chi connectivity index (χ1v) is 32.1. The van der Waals surface area contributed by atoms with Crippen LogP contribution in [-0.4, -0.2) is 98.8 Å².